The lowest BCUT2D eigenvalue weighted by Gasteiger charge is -2.30. The summed E-state index contributed by atoms with van der Waals surface area (Å²) in [5, 5.41) is 7.90. The molecule has 0 saturated carbocycles. The van der Waals surface area contributed by atoms with E-state index < -0.39 is 33.1 Å². The summed E-state index contributed by atoms with van der Waals surface area (Å²) < 4.78 is 75.3. The molecule has 2 aliphatic rings. The van der Waals surface area contributed by atoms with Crippen LogP contribution in [0.5, 0.6) is 11.5 Å². The van der Waals surface area contributed by atoms with Crippen LogP contribution in [0.3, 0.4) is 0 Å². The molecule has 2 aliphatic heterocycles. The number of hydrogen-bond donors (Lipinski definition) is 2. The van der Waals surface area contributed by atoms with Crippen molar-refractivity contribution in [3.63, 3.8) is 0 Å². The van der Waals surface area contributed by atoms with Crippen LogP contribution in [0, 0.1) is 11.6 Å². The normalized spacial score (nSPS) is 15.4. The molecule has 0 spiro atoms. The maximum Gasteiger partial charge on any atom is 0.282 e. The first-order chi connectivity index (χ1) is 24.9. The standard InChI is InChI=1S/C34H34F2N6O5.CH4O3S/c1-39-29(21-40-8-12-45-13-9-40)33(34(44)42(39)25-5-3-24(35)4-6-25)30(43)17-22-2-7-31(26(36)16-22)47-32-18-23-20-37-38-27(23)19-28(32)41-10-14-46-15-11-41;1-5(2,3)4/h2-7,16,18-20H,8-15,17,21H2,1H3,(H,37,38);1H3,(H,2,3,4). The van der Waals surface area contributed by atoms with E-state index in [1.807, 2.05) is 12.1 Å². The van der Waals surface area contributed by atoms with Gasteiger partial charge in [0.2, 0.25) is 0 Å². The number of ketones is 1. The summed E-state index contributed by atoms with van der Waals surface area (Å²) in [6.07, 6.45) is 2.19. The topological polar surface area (TPSA) is 161 Å². The smallest absolute Gasteiger partial charge is 0.282 e. The van der Waals surface area contributed by atoms with Crippen molar-refractivity contribution in [1.29, 1.82) is 0 Å². The summed E-state index contributed by atoms with van der Waals surface area (Å²) in [6.45, 7) is 5.21. The number of aromatic amines is 1. The fourth-order valence-electron chi connectivity index (χ4n) is 6.18. The zero-order valence-electron chi connectivity index (χ0n) is 28.5. The molecule has 17 heteroatoms. The Labute approximate surface area is 297 Å². The predicted molar refractivity (Wildman–Crippen MR) is 188 cm³/mol. The number of Topliss-reactive ketones (excluding diaryl/α,β-unsaturated/α-hetero) is 1. The van der Waals surface area contributed by atoms with E-state index >= 15 is 4.39 Å². The summed E-state index contributed by atoms with van der Waals surface area (Å²) in [5.74, 6) is -1.04. The molecule has 5 aromatic rings. The third-order valence-electron chi connectivity index (χ3n) is 8.66. The van der Waals surface area contributed by atoms with Gasteiger partial charge in [-0.05, 0) is 54.1 Å². The van der Waals surface area contributed by atoms with Gasteiger partial charge in [0, 0.05) is 51.6 Å². The molecule has 4 heterocycles. The highest BCUT2D eigenvalue weighted by atomic mass is 32.2. The zero-order chi connectivity index (χ0) is 37.0. The summed E-state index contributed by atoms with van der Waals surface area (Å²) in [5.41, 5.74) is 2.48. The third-order valence-corrected chi connectivity index (χ3v) is 8.66. The number of rotatable bonds is 9. The van der Waals surface area contributed by atoms with Gasteiger partial charge in [0.15, 0.2) is 23.1 Å². The van der Waals surface area contributed by atoms with Crippen molar-refractivity contribution in [2.45, 2.75) is 13.0 Å². The number of morpholine rings is 2. The highest BCUT2D eigenvalue weighted by molar-refractivity contribution is 7.85. The number of ether oxygens (including phenoxy) is 3. The Bertz CT molecular complexity index is 2220. The maximum atomic E-state index is 15.6. The minimum Gasteiger partial charge on any atom is -0.452 e. The minimum atomic E-state index is -3.67. The highest BCUT2D eigenvalue weighted by Gasteiger charge is 2.27. The molecular weight excluding hydrogens is 702 g/mol. The van der Waals surface area contributed by atoms with Gasteiger partial charge in [-0.1, -0.05) is 6.07 Å². The fraction of sp³-hybridized carbons (Fsp3) is 0.343. The molecule has 276 valence electrons. The zero-order valence-corrected chi connectivity index (χ0v) is 29.4. The van der Waals surface area contributed by atoms with Crippen LogP contribution in [-0.2, 0) is 39.6 Å². The van der Waals surface area contributed by atoms with Crippen molar-refractivity contribution in [2.24, 2.45) is 7.05 Å². The number of halogens is 2. The third kappa shape index (κ3) is 8.74. The number of H-pyrrole nitrogens is 1. The molecule has 2 fully saturated rings. The number of nitrogens with one attached hydrogen (secondary N) is 1. The average Bonchev–Trinajstić information content (AvgIpc) is 3.66. The lowest BCUT2D eigenvalue weighted by Crippen LogP contribution is -2.36. The second-order valence-corrected chi connectivity index (χ2v) is 13.9. The SMILES string of the molecule is CS(=O)(=O)O.Cn1c(CN2CCOCC2)c(C(=O)Cc2ccc(Oc3cc4cn[nH]c4cc3N3CCOCC3)c(F)c2)c(=O)n1-c1ccc(F)cc1. The van der Waals surface area contributed by atoms with Crippen LogP contribution in [0.4, 0.5) is 14.5 Å². The molecule has 0 aliphatic carbocycles. The number of carbonyl (C=O) groups excluding carboxylic acids is 1. The molecule has 2 N–H and O–H groups in total. The Morgan fingerprint density at radius 1 is 0.962 bits per heavy atom. The van der Waals surface area contributed by atoms with Gasteiger partial charge in [0.05, 0.1) is 61.5 Å². The fourth-order valence-corrected chi connectivity index (χ4v) is 6.18. The number of carbonyl (C=O) groups is 1. The molecule has 0 atom stereocenters. The second kappa shape index (κ2) is 15.7. The number of anilines is 1. The lowest BCUT2D eigenvalue weighted by atomic mass is 10.0. The van der Waals surface area contributed by atoms with Crippen LogP contribution in [-0.4, -0.2) is 102 Å². The first-order valence-corrected chi connectivity index (χ1v) is 18.3. The van der Waals surface area contributed by atoms with Gasteiger partial charge in [-0.25, -0.2) is 13.5 Å². The van der Waals surface area contributed by atoms with E-state index in [2.05, 4.69) is 20.0 Å². The van der Waals surface area contributed by atoms with E-state index in [1.54, 1.807) is 24.0 Å². The Balaban J connectivity index is 0.000000870. The van der Waals surface area contributed by atoms with Gasteiger partial charge in [-0.15, -0.1) is 0 Å². The molecule has 0 radical (unpaired) electrons. The number of hydrogen-bond acceptors (Lipinski definition) is 10. The molecule has 2 saturated heterocycles. The summed E-state index contributed by atoms with van der Waals surface area (Å²) in [4.78, 5) is 31.9. The molecule has 0 unspecified atom stereocenters. The molecule has 0 bridgehead atoms. The summed E-state index contributed by atoms with van der Waals surface area (Å²) in [6, 6.07) is 13.7. The first-order valence-electron chi connectivity index (χ1n) is 16.4. The van der Waals surface area contributed by atoms with Crippen LogP contribution < -0.4 is 15.2 Å². The van der Waals surface area contributed by atoms with E-state index in [9.17, 15) is 22.4 Å². The van der Waals surface area contributed by atoms with Crippen molar-refractivity contribution in [3.8, 4) is 17.2 Å². The van der Waals surface area contributed by atoms with Crippen molar-refractivity contribution >= 4 is 32.5 Å². The van der Waals surface area contributed by atoms with E-state index in [4.69, 9.17) is 18.8 Å². The summed E-state index contributed by atoms with van der Waals surface area (Å²) >= 11 is 0. The van der Waals surface area contributed by atoms with Crippen LogP contribution in [0.15, 0.2) is 65.6 Å². The van der Waals surface area contributed by atoms with Gasteiger partial charge >= 0.3 is 0 Å². The number of fused-ring (bicyclic) bond motifs is 1. The lowest BCUT2D eigenvalue weighted by molar-refractivity contribution is 0.0329. The Hall–Kier alpha value is -4.94. The van der Waals surface area contributed by atoms with Gasteiger partial charge in [0.1, 0.15) is 11.4 Å². The van der Waals surface area contributed by atoms with Crippen LogP contribution in [0.1, 0.15) is 21.6 Å². The first kappa shape index (κ1) is 36.8. The molecule has 14 nitrogen and oxygen atoms in total. The van der Waals surface area contributed by atoms with E-state index in [-0.39, 0.29) is 17.7 Å². The maximum absolute atomic E-state index is 15.6. The monoisotopic (exact) mass is 740 g/mol. The van der Waals surface area contributed by atoms with Gasteiger partial charge < -0.3 is 19.1 Å². The number of benzene rings is 3. The van der Waals surface area contributed by atoms with Gasteiger partial charge in [0.25, 0.3) is 15.7 Å². The minimum absolute atomic E-state index is 0.00457. The number of aromatic nitrogens is 4. The van der Waals surface area contributed by atoms with Crippen molar-refractivity contribution in [2.75, 3.05) is 63.8 Å². The molecule has 3 aromatic carbocycles. The molecular formula is C35H38F2N6O8S. The van der Waals surface area contributed by atoms with Crippen molar-refractivity contribution in [1.82, 2.24) is 24.5 Å². The van der Waals surface area contributed by atoms with Crippen molar-refractivity contribution < 1.29 is 40.8 Å². The van der Waals surface area contributed by atoms with Crippen LogP contribution in [0.25, 0.3) is 16.6 Å². The van der Waals surface area contributed by atoms with E-state index in [0.717, 1.165) is 16.6 Å². The Morgan fingerprint density at radius 2 is 1.62 bits per heavy atom. The average molecular weight is 741 g/mol. The Kier molecular flexibility index (Phi) is 11.2. The van der Waals surface area contributed by atoms with E-state index in [1.165, 1.54) is 41.1 Å². The highest BCUT2D eigenvalue weighted by Crippen LogP contribution is 2.37. The summed E-state index contributed by atoms with van der Waals surface area (Å²) in [7, 11) is -1.96. The molecule has 0 amide bonds. The van der Waals surface area contributed by atoms with Gasteiger partial charge in [-0.2, -0.15) is 13.5 Å². The quantitative estimate of drug-likeness (QED) is 0.168. The number of nitrogens with zero attached hydrogens (tertiary/aromatic N) is 5. The van der Waals surface area contributed by atoms with Crippen LogP contribution >= 0.6 is 0 Å². The second-order valence-electron chi connectivity index (χ2n) is 12.4. The molecule has 52 heavy (non-hydrogen) atoms. The molecule has 2 aromatic heterocycles. The van der Waals surface area contributed by atoms with Crippen molar-refractivity contribution in [3.05, 3.63) is 99.6 Å². The molecule has 7 rings (SSSR count). The van der Waals surface area contributed by atoms with Gasteiger partial charge in [-0.3, -0.25) is 28.8 Å². The van der Waals surface area contributed by atoms with Crippen LogP contribution in [0.2, 0.25) is 0 Å². The largest absolute Gasteiger partial charge is 0.452 e. The Morgan fingerprint density at radius 3 is 2.27 bits per heavy atom. The van der Waals surface area contributed by atoms with E-state index in [0.29, 0.717) is 88.1 Å². The predicted octanol–water partition coefficient (Wildman–Crippen LogP) is 3.72.